The summed E-state index contributed by atoms with van der Waals surface area (Å²) in [5.41, 5.74) is 1.34. The van der Waals surface area contributed by atoms with Gasteiger partial charge in [0.2, 0.25) is 5.91 Å². The minimum atomic E-state index is -0.717. The Morgan fingerprint density at radius 2 is 1.81 bits per heavy atom. The average molecular weight is 453 g/mol. The number of thioether (sulfide) groups is 1. The predicted octanol–water partition coefficient (Wildman–Crippen LogP) is 4.35. The van der Waals surface area contributed by atoms with Crippen LogP contribution in [0.25, 0.3) is 17.1 Å². The van der Waals surface area contributed by atoms with Crippen LogP contribution in [0.3, 0.4) is 0 Å². The maximum Gasteiger partial charge on any atom is 0.234 e. The summed E-state index contributed by atoms with van der Waals surface area (Å²) in [4.78, 5) is 16.4. The number of benzene rings is 2. The lowest BCUT2D eigenvalue weighted by Gasteiger charge is -2.11. The third kappa shape index (κ3) is 4.75. The second-order valence-electron chi connectivity index (χ2n) is 6.54. The topological polar surface area (TPSA) is 81.9 Å². The Morgan fingerprint density at radius 1 is 1.06 bits per heavy atom. The molecule has 4 rings (SSSR count). The molecule has 7 nitrogen and oxygen atoms in total. The van der Waals surface area contributed by atoms with Crippen LogP contribution in [0.4, 0.5) is 14.5 Å². The van der Waals surface area contributed by atoms with Gasteiger partial charge in [0, 0.05) is 29.7 Å². The fraction of sp³-hybridized carbons (Fsp3) is 0.0909. The molecule has 2 aromatic heterocycles. The van der Waals surface area contributed by atoms with Crippen LogP contribution < -0.4 is 10.1 Å². The molecule has 0 aliphatic carbocycles. The molecule has 1 amide bonds. The first-order valence-corrected chi connectivity index (χ1v) is 10.4. The molecular weight excluding hydrogens is 436 g/mol. The first-order valence-electron chi connectivity index (χ1n) is 9.43. The first kappa shape index (κ1) is 21.4. The van der Waals surface area contributed by atoms with Gasteiger partial charge in [-0.25, -0.2) is 8.78 Å². The van der Waals surface area contributed by atoms with Crippen molar-refractivity contribution in [2.75, 3.05) is 18.2 Å². The number of ether oxygens (including phenoxy) is 1. The van der Waals surface area contributed by atoms with Crippen molar-refractivity contribution in [2.45, 2.75) is 5.16 Å². The van der Waals surface area contributed by atoms with E-state index >= 15 is 0 Å². The molecule has 1 N–H and O–H groups in total. The molecule has 0 unspecified atom stereocenters. The minimum absolute atomic E-state index is 0.0828. The van der Waals surface area contributed by atoms with Crippen LogP contribution in [0.15, 0.2) is 72.1 Å². The summed E-state index contributed by atoms with van der Waals surface area (Å²) in [7, 11) is 1.58. The Hall–Kier alpha value is -3.79. The zero-order valence-electron chi connectivity index (χ0n) is 16.8. The van der Waals surface area contributed by atoms with Gasteiger partial charge in [-0.2, -0.15) is 0 Å². The fourth-order valence-electron chi connectivity index (χ4n) is 2.93. The number of halogens is 2. The van der Waals surface area contributed by atoms with Gasteiger partial charge in [0.15, 0.2) is 11.0 Å². The molecule has 32 heavy (non-hydrogen) atoms. The lowest BCUT2D eigenvalue weighted by molar-refractivity contribution is -0.113. The van der Waals surface area contributed by atoms with Crippen molar-refractivity contribution >= 4 is 23.4 Å². The van der Waals surface area contributed by atoms with E-state index in [2.05, 4.69) is 20.5 Å². The van der Waals surface area contributed by atoms with Gasteiger partial charge < -0.3 is 10.1 Å². The molecule has 0 saturated heterocycles. The molecule has 0 bridgehead atoms. The first-order chi connectivity index (χ1) is 15.5. The molecule has 0 aliphatic heterocycles. The van der Waals surface area contributed by atoms with Crippen LogP contribution in [0.5, 0.6) is 5.75 Å². The van der Waals surface area contributed by atoms with E-state index < -0.39 is 17.5 Å². The number of amides is 1. The highest BCUT2D eigenvalue weighted by atomic mass is 32.2. The van der Waals surface area contributed by atoms with Crippen LogP contribution >= 0.6 is 11.8 Å². The molecule has 0 aliphatic rings. The summed E-state index contributed by atoms with van der Waals surface area (Å²) >= 11 is 1.12. The van der Waals surface area contributed by atoms with Crippen molar-refractivity contribution in [3.05, 3.63) is 78.6 Å². The van der Waals surface area contributed by atoms with E-state index in [9.17, 15) is 13.6 Å². The van der Waals surface area contributed by atoms with Crippen molar-refractivity contribution in [1.82, 2.24) is 19.7 Å². The molecule has 162 valence electrons. The number of nitrogens with zero attached hydrogens (tertiary/aromatic N) is 4. The van der Waals surface area contributed by atoms with E-state index in [0.717, 1.165) is 41.2 Å². The molecule has 0 fully saturated rings. The fourth-order valence-corrected chi connectivity index (χ4v) is 3.68. The average Bonchev–Trinajstić information content (AvgIpc) is 3.25. The van der Waals surface area contributed by atoms with Crippen LogP contribution in [0, 0.1) is 11.6 Å². The molecule has 10 heteroatoms. The zero-order chi connectivity index (χ0) is 22.5. The summed E-state index contributed by atoms with van der Waals surface area (Å²) in [6.07, 6.45) is 3.30. The van der Waals surface area contributed by atoms with E-state index in [1.807, 2.05) is 12.1 Å². The number of methoxy groups -OCH3 is 1. The molecule has 2 aromatic carbocycles. The SMILES string of the molecule is COc1ccc(-n2c(SCC(=O)Nc3cc(F)ccc3F)nnc2-c2ccncc2)cc1. The second-order valence-corrected chi connectivity index (χ2v) is 7.48. The molecule has 0 saturated carbocycles. The van der Waals surface area contributed by atoms with Gasteiger partial charge in [0.25, 0.3) is 0 Å². The Labute approximate surface area is 186 Å². The Balaban J connectivity index is 1.60. The third-order valence-electron chi connectivity index (χ3n) is 4.44. The summed E-state index contributed by atoms with van der Waals surface area (Å²) in [5.74, 6) is -0.689. The number of anilines is 1. The Morgan fingerprint density at radius 3 is 2.53 bits per heavy atom. The standard InChI is InChI=1S/C22H17F2N5O2S/c1-31-17-5-3-16(4-6-17)29-21(14-8-10-25-11-9-14)27-28-22(29)32-13-20(30)26-19-12-15(23)2-7-18(19)24/h2-12H,13H2,1H3,(H,26,30). The van der Waals surface area contributed by atoms with E-state index in [1.165, 1.54) is 0 Å². The van der Waals surface area contributed by atoms with Gasteiger partial charge in [0.05, 0.1) is 18.6 Å². The number of hydrogen-bond acceptors (Lipinski definition) is 6. The highest BCUT2D eigenvalue weighted by molar-refractivity contribution is 7.99. The number of pyridine rings is 1. The van der Waals surface area contributed by atoms with Crippen LogP contribution in [0.2, 0.25) is 0 Å². The van der Waals surface area contributed by atoms with Crippen LogP contribution in [-0.4, -0.2) is 38.5 Å². The van der Waals surface area contributed by atoms with Crippen molar-refractivity contribution in [1.29, 1.82) is 0 Å². The smallest absolute Gasteiger partial charge is 0.234 e. The number of hydrogen-bond donors (Lipinski definition) is 1. The maximum absolute atomic E-state index is 13.8. The number of aromatic nitrogens is 4. The van der Waals surface area contributed by atoms with Crippen LogP contribution in [0.1, 0.15) is 0 Å². The Bertz CT molecular complexity index is 1230. The maximum atomic E-state index is 13.8. The summed E-state index contributed by atoms with van der Waals surface area (Å²) < 4.78 is 34.2. The van der Waals surface area contributed by atoms with Crippen molar-refractivity contribution in [3.63, 3.8) is 0 Å². The number of carbonyl (C=O) groups is 1. The zero-order valence-corrected chi connectivity index (χ0v) is 17.6. The normalized spacial score (nSPS) is 10.7. The lowest BCUT2D eigenvalue weighted by Crippen LogP contribution is -2.15. The van der Waals surface area contributed by atoms with Gasteiger partial charge in [0.1, 0.15) is 17.4 Å². The van der Waals surface area contributed by atoms with E-state index in [4.69, 9.17) is 4.74 Å². The quantitative estimate of drug-likeness (QED) is 0.419. The molecule has 0 radical (unpaired) electrons. The monoisotopic (exact) mass is 453 g/mol. The van der Waals surface area contributed by atoms with Crippen molar-refractivity contribution < 1.29 is 18.3 Å². The van der Waals surface area contributed by atoms with Gasteiger partial charge in [-0.3, -0.25) is 14.3 Å². The summed E-state index contributed by atoms with van der Waals surface area (Å²) in [5, 5.41) is 11.3. The Kier molecular flexibility index (Phi) is 6.41. The molecule has 0 spiro atoms. The highest BCUT2D eigenvalue weighted by Crippen LogP contribution is 2.29. The van der Waals surface area contributed by atoms with Crippen molar-refractivity contribution in [2.24, 2.45) is 0 Å². The minimum Gasteiger partial charge on any atom is -0.497 e. The van der Waals surface area contributed by atoms with Crippen molar-refractivity contribution in [3.8, 4) is 22.8 Å². The number of nitrogens with one attached hydrogen (secondary N) is 1. The molecule has 4 aromatic rings. The largest absolute Gasteiger partial charge is 0.497 e. The van der Waals surface area contributed by atoms with Gasteiger partial charge in [-0.15, -0.1) is 10.2 Å². The number of carbonyl (C=O) groups excluding carboxylic acids is 1. The molecule has 0 atom stereocenters. The summed E-state index contributed by atoms with van der Waals surface area (Å²) in [6.45, 7) is 0. The molecular formula is C22H17F2N5O2S. The van der Waals surface area contributed by atoms with Gasteiger partial charge >= 0.3 is 0 Å². The van der Waals surface area contributed by atoms with E-state index in [-0.39, 0.29) is 11.4 Å². The highest BCUT2D eigenvalue weighted by Gasteiger charge is 2.18. The van der Waals surface area contributed by atoms with Gasteiger partial charge in [-0.1, -0.05) is 11.8 Å². The lowest BCUT2D eigenvalue weighted by atomic mass is 10.2. The van der Waals surface area contributed by atoms with E-state index in [1.54, 1.807) is 48.3 Å². The van der Waals surface area contributed by atoms with Crippen LogP contribution in [-0.2, 0) is 4.79 Å². The summed E-state index contributed by atoms with van der Waals surface area (Å²) in [6, 6.07) is 13.8. The predicted molar refractivity (Wildman–Crippen MR) is 117 cm³/mol. The molecule has 2 heterocycles. The second kappa shape index (κ2) is 9.56. The third-order valence-corrected chi connectivity index (χ3v) is 5.37. The number of rotatable bonds is 7. The van der Waals surface area contributed by atoms with E-state index in [0.29, 0.717) is 16.7 Å². The van der Waals surface area contributed by atoms with Gasteiger partial charge in [-0.05, 0) is 48.5 Å².